The van der Waals surface area contributed by atoms with Crippen LogP contribution in [0.25, 0.3) is 0 Å². The van der Waals surface area contributed by atoms with Crippen LogP contribution in [0.2, 0.25) is 0 Å². The topological polar surface area (TPSA) is 88.5 Å². The highest BCUT2D eigenvalue weighted by Crippen LogP contribution is 2.13. The zero-order valence-electron chi connectivity index (χ0n) is 14.9. The maximum atomic E-state index is 11.9. The Morgan fingerprint density at radius 2 is 1.67 bits per heavy atom. The van der Waals surface area contributed by atoms with Crippen molar-refractivity contribution in [1.82, 2.24) is 5.32 Å². The largest absolute Gasteiger partial charge is 0.456 e. The fourth-order valence-corrected chi connectivity index (χ4v) is 1.95. The molecular weight excluding hydrogens is 308 g/mol. The first-order valence-electron chi connectivity index (χ1n) is 7.78. The molecule has 0 unspecified atom stereocenters. The molecule has 1 rings (SSSR count). The lowest BCUT2D eigenvalue weighted by atomic mass is 9.97. The average Bonchev–Trinajstić information content (AvgIpc) is 2.42. The molecule has 0 atom stereocenters. The molecule has 0 aliphatic rings. The van der Waals surface area contributed by atoms with Gasteiger partial charge in [-0.05, 0) is 40.2 Å². The number of hydrogen-bond donors (Lipinski definition) is 2. The molecule has 2 N–H and O–H groups in total. The summed E-state index contributed by atoms with van der Waals surface area (Å²) in [5, 5.41) is 10.5. The van der Waals surface area contributed by atoms with E-state index in [0.29, 0.717) is 0 Å². The van der Waals surface area contributed by atoms with Crippen LogP contribution in [0, 0.1) is 5.41 Å². The van der Waals surface area contributed by atoms with E-state index in [2.05, 4.69) is 5.32 Å². The first-order chi connectivity index (χ1) is 11.0. The predicted molar refractivity (Wildman–Crippen MR) is 92.0 cm³/mol. The molecule has 0 heterocycles. The van der Waals surface area contributed by atoms with Crippen LogP contribution in [0.1, 0.15) is 46.6 Å². The van der Waals surface area contributed by atoms with E-state index in [-0.39, 0.29) is 18.7 Å². The van der Waals surface area contributed by atoms with E-state index in [1.165, 1.54) is 0 Å². The molecule has 132 valence electrons. The fraction of sp³-hybridized carbons (Fsp3) is 0.500. The van der Waals surface area contributed by atoms with Crippen LogP contribution >= 0.6 is 0 Å². The molecule has 0 fully saturated rings. The second-order valence-corrected chi connectivity index (χ2v) is 7.23. The van der Waals surface area contributed by atoms with Crippen molar-refractivity contribution in [3.63, 3.8) is 0 Å². The lowest BCUT2D eigenvalue weighted by Crippen LogP contribution is -2.47. The molecule has 0 radical (unpaired) electrons. The van der Waals surface area contributed by atoms with Gasteiger partial charge in [-0.3, -0.25) is 5.41 Å². The SMILES string of the molecule is CC(C)(CC(=N)C(=O)OCc1ccccc1)NC(=O)OC(C)(C)C. The van der Waals surface area contributed by atoms with Gasteiger partial charge in [0.1, 0.15) is 17.9 Å². The minimum Gasteiger partial charge on any atom is -0.456 e. The fourth-order valence-electron chi connectivity index (χ4n) is 1.95. The molecule has 0 aliphatic carbocycles. The van der Waals surface area contributed by atoms with Gasteiger partial charge in [-0.1, -0.05) is 30.3 Å². The van der Waals surface area contributed by atoms with Gasteiger partial charge in [-0.25, -0.2) is 9.59 Å². The molecule has 0 aromatic heterocycles. The summed E-state index contributed by atoms with van der Waals surface area (Å²) in [6.07, 6.45) is -0.544. The summed E-state index contributed by atoms with van der Waals surface area (Å²) >= 11 is 0. The number of hydrogen-bond acceptors (Lipinski definition) is 5. The number of amides is 1. The Bertz CT molecular complexity index is 589. The summed E-state index contributed by atoms with van der Waals surface area (Å²) in [6.45, 7) is 8.85. The average molecular weight is 334 g/mol. The molecule has 24 heavy (non-hydrogen) atoms. The van der Waals surface area contributed by atoms with Gasteiger partial charge in [0.15, 0.2) is 0 Å². The minimum atomic E-state index is -0.800. The summed E-state index contributed by atoms with van der Waals surface area (Å²) in [5.74, 6) is -0.696. The molecule has 0 bridgehead atoms. The van der Waals surface area contributed by atoms with Crippen molar-refractivity contribution < 1.29 is 19.1 Å². The van der Waals surface area contributed by atoms with Crippen LogP contribution in [0.4, 0.5) is 4.79 Å². The Hall–Kier alpha value is -2.37. The van der Waals surface area contributed by atoms with Crippen LogP contribution in [0.15, 0.2) is 30.3 Å². The van der Waals surface area contributed by atoms with Crippen molar-refractivity contribution in [2.45, 2.75) is 58.8 Å². The summed E-state index contributed by atoms with van der Waals surface area (Å²) in [5.41, 5.74) is -0.759. The van der Waals surface area contributed by atoms with Gasteiger partial charge in [0.25, 0.3) is 0 Å². The zero-order valence-corrected chi connectivity index (χ0v) is 14.9. The second kappa shape index (κ2) is 7.95. The molecule has 6 heteroatoms. The highest BCUT2D eigenvalue weighted by molar-refractivity contribution is 6.35. The number of ether oxygens (including phenoxy) is 2. The van der Waals surface area contributed by atoms with E-state index in [9.17, 15) is 9.59 Å². The van der Waals surface area contributed by atoms with Crippen molar-refractivity contribution in [3.05, 3.63) is 35.9 Å². The Kier molecular flexibility index (Phi) is 6.51. The van der Waals surface area contributed by atoms with Gasteiger partial charge < -0.3 is 14.8 Å². The Morgan fingerprint density at radius 1 is 1.08 bits per heavy atom. The lowest BCUT2D eigenvalue weighted by molar-refractivity contribution is -0.137. The first-order valence-corrected chi connectivity index (χ1v) is 7.78. The molecule has 1 aromatic carbocycles. The molecule has 1 amide bonds. The van der Waals surface area contributed by atoms with Crippen molar-refractivity contribution in [1.29, 1.82) is 5.41 Å². The number of nitrogens with one attached hydrogen (secondary N) is 2. The smallest absolute Gasteiger partial charge is 0.408 e. The lowest BCUT2D eigenvalue weighted by Gasteiger charge is -2.28. The van der Waals surface area contributed by atoms with E-state index in [0.717, 1.165) is 5.56 Å². The summed E-state index contributed by atoms with van der Waals surface area (Å²) in [7, 11) is 0. The summed E-state index contributed by atoms with van der Waals surface area (Å²) < 4.78 is 10.3. The van der Waals surface area contributed by atoms with E-state index in [1.807, 2.05) is 30.3 Å². The van der Waals surface area contributed by atoms with Gasteiger partial charge >= 0.3 is 12.1 Å². The third-order valence-corrected chi connectivity index (χ3v) is 2.92. The predicted octanol–water partition coefficient (Wildman–Crippen LogP) is 3.44. The molecule has 0 saturated heterocycles. The Morgan fingerprint density at radius 3 is 2.21 bits per heavy atom. The van der Waals surface area contributed by atoms with Crippen LogP contribution in [-0.2, 0) is 20.9 Å². The van der Waals surface area contributed by atoms with Crippen molar-refractivity contribution >= 4 is 17.8 Å². The van der Waals surface area contributed by atoms with Gasteiger partial charge in [0.2, 0.25) is 0 Å². The van der Waals surface area contributed by atoms with Crippen molar-refractivity contribution in [3.8, 4) is 0 Å². The summed E-state index contributed by atoms with van der Waals surface area (Å²) in [4.78, 5) is 23.7. The standard InChI is InChI=1S/C18H26N2O4/c1-17(2,3)24-16(22)20-18(4,5)11-14(19)15(21)23-12-13-9-7-6-8-10-13/h6-10,19H,11-12H2,1-5H3,(H,20,22). The quantitative estimate of drug-likeness (QED) is 0.616. The third-order valence-electron chi connectivity index (χ3n) is 2.92. The number of carbonyl (C=O) groups excluding carboxylic acids is 2. The van der Waals surface area contributed by atoms with Crippen molar-refractivity contribution in [2.24, 2.45) is 0 Å². The summed E-state index contributed by atoms with van der Waals surface area (Å²) in [6, 6.07) is 9.25. The van der Waals surface area contributed by atoms with Crippen LogP contribution < -0.4 is 5.32 Å². The maximum absolute atomic E-state index is 11.9. The van der Waals surface area contributed by atoms with Crippen molar-refractivity contribution in [2.75, 3.05) is 0 Å². The molecule has 0 saturated carbocycles. The van der Waals surface area contributed by atoms with E-state index < -0.39 is 23.2 Å². The molecule has 0 aliphatic heterocycles. The maximum Gasteiger partial charge on any atom is 0.408 e. The molecule has 6 nitrogen and oxygen atoms in total. The second-order valence-electron chi connectivity index (χ2n) is 7.23. The first kappa shape index (κ1) is 19.7. The van der Waals surface area contributed by atoms with Gasteiger partial charge in [-0.2, -0.15) is 0 Å². The molecule has 0 spiro atoms. The van der Waals surface area contributed by atoms with E-state index >= 15 is 0 Å². The third kappa shape index (κ3) is 7.76. The van der Waals surface area contributed by atoms with Crippen LogP contribution in [0.3, 0.4) is 0 Å². The molecule has 1 aromatic rings. The number of alkyl carbamates (subject to hydrolysis) is 1. The number of benzene rings is 1. The van der Waals surface area contributed by atoms with E-state index in [1.54, 1.807) is 34.6 Å². The highest BCUT2D eigenvalue weighted by atomic mass is 16.6. The highest BCUT2D eigenvalue weighted by Gasteiger charge is 2.28. The zero-order chi connectivity index (χ0) is 18.4. The van der Waals surface area contributed by atoms with Crippen LogP contribution in [-0.4, -0.2) is 28.9 Å². The van der Waals surface area contributed by atoms with Gasteiger partial charge in [-0.15, -0.1) is 0 Å². The number of esters is 1. The Labute approximate surface area is 143 Å². The van der Waals surface area contributed by atoms with Gasteiger partial charge in [0.05, 0.1) is 0 Å². The molecular formula is C18H26N2O4. The minimum absolute atomic E-state index is 0.0415. The van der Waals surface area contributed by atoms with Crippen LogP contribution in [0.5, 0.6) is 0 Å². The Balaban J connectivity index is 2.49. The monoisotopic (exact) mass is 334 g/mol. The van der Waals surface area contributed by atoms with Gasteiger partial charge in [0, 0.05) is 12.0 Å². The number of rotatable bonds is 6. The number of carbonyl (C=O) groups is 2. The van der Waals surface area contributed by atoms with E-state index in [4.69, 9.17) is 14.9 Å². The normalized spacial score (nSPS) is 11.5.